The van der Waals surface area contributed by atoms with Crippen LogP contribution < -0.4 is 14.8 Å². The van der Waals surface area contributed by atoms with Gasteiger partial charge >= 0.3 is 0 Å². The SMILES string of the molecule is CNC1CCCN(C(=O)c2ccc(OCc3ccccc3Cl)c(OC)c2)C1.Cl. The van der Waals surface area contributed by atoms with Gasteiger partial charge in [0, 0.05) is 35.3 Å². The molecule has 0 spiro atoms. The maximum atomic E-state index is 12.8. The largest absolute Gasteiger partial charge is 0.493 e. The number of halogens is 2. The summed E-state index contributed by atoms with van der Waals surface area (Å²) in [6.45, 7) is 1.84. The third kappa shape index (κ3) is 5.31. The maximum Gasteiger partial charge on any atom is 0.254 e. The van der Waals surface area contributed by atoms with Crippen LogP contribution in [-0.4, -0.2) is 44.1 Å². The first-order valence-corrected chi connectivity index (χ1v) is 9.51. The maximum absolute atomic E-state index is 12.8. The zero-order valence-corrected chi connectivity index (χ0v) is 17.7. The molecule has 1 aliphatic heterocycles. The van der Waals surface area contributed by atoms with Crippen molar-refractivity contribution in [2.75, 3.05) is 27.2 Å². The van der Waals surface area contributed by atoms with E-state index >= 15 is 0 Å². The monoisotopic (exact) mass is 424 g/mol. The highest BCUT2D eigenvalue weighted by molar-refractivity contribution is 6.31. The molecule has 7 heteroatoms. The summed E-state index contributed by atoms with van der Waals surface area (Å²) in [7, 11) is 3.51. The van der Waals surface area contributed by atoms with Crippen molar-refractivity contribution >= 4 is 29.9 Å². The Hall–Kier alpha value is -1.95. The number of piperidine rings is 1. The van der Waals surface area contributed by atoms with E-state index in [2.05, 4.69) is 5.32 Å². The molecular formula is C21H26Cl2N2O3. The molecule has 0 aromatic heterocycles. The van der Waals surface area contributed by atoms with Gasteiger partial charge in [-0.25, -0.2) is 0 Å². The number of hydrogen-bond acceptors (Lipinski definition) is 4. The lowest BCUT2D eigenvalue weighted by Crippen LogP contribution is -2.46. The van der Waals surface area contributed by atoms with Crippen LogP contribution in [0.4, 0.5) is 0 Å². The van der Waals surface area contributed by atoms with Gasteiger partial charge in [-0.05, 0) is 44.2 Å². The zero-order valence-electron chi connectivity index (χ0n) is 16.1. The summed E-state index contributed by atoms with van der Waals surface area (Å²) in [5, 5.41) is 3.92. The van der Waals surface area contributed by atoms with E-state index in [-0.39, 0.29) is 18.3 Å². The van der Waals surface area contributed by atoms with Gasteiger partial charge in [-0.2, -0.15) is 0 Å². The van der Waals surface area contributed by atoms with E-state index in [1.165, 1.54) is 0 Å². The third-order valence-electron chi connectivity index (χ3n) is 4.87. The van der Waals surface area contributed by atoms with Crippen molar-refractivity contribution in [3.05, 3.63) is 58.6 Å². The minimum absolute atomic E-state index is 0. The lowest BCUT2D eigenvalue weighted by Gasteiger charge is -2.32. The molecular weight excluding hydrogens is 399 g/mol. The van der Waals surface area contributed by atoms with Crippen LogP contribution >= 0.6 is 24.0 Å². The Kier molecular flexibility index (Phi) is 8.42. The highest BCUT2D eigenvalue weighted by Gasteiger charge is 2.24. The minimum atomic E-state index is 0. The third-order valence-corrected chi connectivity index (χ3v) is 5.24. The molecule has 1 atom stereocenters. The molecule has 3 rings (SSSR count). The van der Waals surface area contributed by atoms with Gasteiger partial charge in [-0.15, -0.1) is 12.4 Å². The highest BCUT2D eigenvalue weighted by atomic mass is 35.5. The Morgan fingerprint density at radius 1 is 1.25 bits per heavy atom. The average Bonchev–Trinajstić information content (AvgIpc) is 2.72. The molecule has 0 radical (unpaired) electrons. The fourth-order valence-electron chi connectivity index (χ4n) is 3.27. The number of likely N-dealkylation sites (tertiary alicyclic amines) is 1. The zero-order chi connectivity index (χ0) is 19.2. The van der Waals surface area contributed by atoms with E-state index in [1.54, 1.807) is 25.3 Å². The second kappa shape index (κ2) is 10.6. The van der Waals surface area contributed by atoms with E-state index in [1.807, 2.05) is 36.2 Å². The van der Waals surface area contributed by atoms with E-state index in [4.69, 9.17) is 21.1 Å². The van der Waals surface area contributed by atoms with Gasteiger partial charge in [0.1, 0.15) is 6.61 Å². The number of benzene rings is 2. The fourth-order valence-corrected chi connectivity index (χ4v) is 3.46. The minimum Gasteiger partial charge on any atom is -0.493 e. The molecule has 1 saturated heterocycles. The van der Waals surface area contributed by atoms with Crippen LogP contribution in [-0.2, 0) is 6.61 Å². The Balaban J connectivity index is 0.00000280. The normalized spacial score (nSPS) is 16.2. The molecule has 1 amide bonds. The van der Waals surface area contributed by atoms with Crippen molar-refractivity contribution in [1.82, 2.24) is 10.2 Å². The Morgan fingerprint density at radius 3 is 2.75 bits per heavy atom. The number of likely N-dealkylation sites (N-methyl/N-ethyl adjacent to an activating group) is 1. The first-order valence-electron chi connectivity index (χ1n) is 9.13. The number of hydrogen-bond donors (Lipinski definition) is 1. The lowest BCUT2D eigenvalue weighted by atomic mass is 10.0. The van der Waals surface area contributed by atoms with Crippen molar-refractivity contribution < 1.29 is 14.3 Å². The number of amides is 1. The Labute approximate surface area is 177 Å². The molecule has 28 heavy (non-hydrogen) atoms. The first kappa shape index (κ1) is 22.3. The van der Waals surface area contributed by atoms with Gasteiger partial charge in [0.2, 0.25) is 0 Å². The van der Waals surface area contributed by atoms with Gasteiger partial charge in [-0.3, -0.25) is 4.79 Å². The molecule has 0 aliphatic carbocycles. The summed E-state index contributed by atoms with van der Waals surface area (Å²) in [5.41, 5.74) is 1.50. The molecule has 0 saturated carbocycles. The van der Waals surface area contributed by atoms with Gasteiger partial charge in [-0.1, -0.05) is 29.8 Å². The number of methoxy groups -OCH3 is 1. The fraction of sp³-hybridized carbons (Fsp3) is 0.381. The van der Waals surface area contributed by atoms with Crippen molar-refractivity contribution in [1.29, 1.82) is 0 Å². The van der Waals surface area contributed by atoms with Crippen molar-refractivity contribution in [2.24, 2.45) is 0 Å². The molecule has 2 aromatic rings. The molecule has 1 heterocycles. The predicted octanol–water partition coefficient (Wildman–Crippen LogP) is 4.17. The molecule has 1 unspecified atom stereocenters. The van der Waals surface area contributed by atoms with Gasteiger partial charge < -0.3 is 19.7 Å². The highest BCUT2D eigenvalue weighted by Crippen LogP contribution is 2.30. The van der Waals surface area contributed by atoms with Gasteiger partial charge in [0.25, 0.3) is 5.91 Å². The topological polar surface area (TPSA) is 50.8 Å². The van der Waals surface area contributed by atoms with E-state index in [0.717, 1.165) is 31.5 Å². The smallest absolute Gasteiger partial charge is 0.254 e. The van der Waals surface area contributed by atoms with Crippen molar-refractivity contribution in [3.63, 3.8) is 0 Å². The summed E-state index contributed by atoms with van der Waals surface area (Å²) in [6, 6.07) is 13.2. The summed E-state index contributed by atoms with van der Waals surface area (Å²) in [4.78, 5) is 14.7. The second-order valence-corrected chi connectivity index (χ2v) is 7.03. The number of carbonyl (C=O) groups excluding carboxylic acids is 1. The van der Waals surface area contributed by atoms with Crippen LogP contribution in [0.3, 0.4) is 0 Å². The molecule has 1 aliphatic rings. The van der Waals surface area contributed by atoms with Crippen molar-refractivity contribution in [3.8, 4) is 11.5 Å². The lowest BCUT2D eigenvalue weighted by molar-refractivity contribution is 0.0697. The summed E-state index contributed by atoms with van der Waals surface area (Å²) in [6.07, 6.45) is 2.10. The molecule has 2 aromatic carbocycles. The standard InChI is InChI=1S/C21H25ClN2O3.ClH/c1-23-17-7-5-11-24(13-17)21(25)15-9-10-19(20(12-15)26-2)27-14-16-6-3-4-8-18(16)22;/h3-4,6,8-10,12,17,23H,5,7,11,13-14H2,1-2H3;1H. The Bertz CT molecular complexity index is 801. The molecule has 1 fully saturated rings. The van der Waals surface area contributed by atoms with E-state index in [9.17, 15) is 4.79 Å². The van der Waals surface area contributed by atoms with Crippen LogP contribution in [0.1, 0.15) is 28.8 Å². The predicted molar refractivity (Wildman–Crippen MR) is 114 cm³/mol. The molecule has 5 nitrogen and oxygen atoms in total. The second-order valence-electron chi connectivity index (χ2n) is 6.62. The van der Waals surface area contributed by atoms with Gasteiger partial charge in [0.15, 0.2) is 11.5 Å². The number of rotatable bonds is 6. The Morgan fingerprint density at radius 2 is 2.04 bits per heavy atom. The number of nitrogens with one attached hydrogen (secondary N) is 1. The molecule has 152 valence electrons. The van der Waals surface area contributed by atoms with Gasteiger partial charge in [0.05, 0.1) is 7.11 Å². The molecule has 1 N–H and O–H groups in total. The van der Waals surface area contributed by atoms with Crippen LogP contribution in [0, 0.1) is 0 Å². The summed E-state index contributed by atoms with van der Waals surface area (Å²) >= 11 is 6.17. The number of carbonyl (C=O) groups is 1. The van der Waals surface area contributed by atoms with Crippen LogP contribution in [0.5, 0.6) is 11.5 Å². The quantitative estimate of drug-likeness (QED) is 0.755. The molecule has 0 bridgehead atoms. The summed E-state index contributed by atoms with van der Waals surface area (Å²) in [5.74, 6) is 1.14. The van der Waals surface area contributed by atoms with Crippen LogP contribution in [0.25, 0.3) is 0 Å². The summed E-state index contributed by atoms with van der Waals surface area (Å²) < 4.78 is 11.3. The van der Waals surface area contributed by atoms with Crippen LogP contribution in [0.15, 0.2) is 42.5 Å². The number of nitrogens with zero attached hydrogens (tertiary/aromatic N) is 1. The van der Waals surface area contributed by atoms with Crippen molar-refractivity contribution in [2.45, 2.75) is 25.5 Å². The van der Waals surface area contributed by atoms with E-state index in [0.29, 0.717) is 34.7 Å². The number of ether oxygens (including phenoxy) is 2. The van der Waals surface area contributed by atoms with E-state index < -0.39 is 0 Å². The average molecular weight is 425 g/mol. The first-order chi connectivity index (χ1) is 13.1. The van der Waals surface area contributed by atoms with Crippen LogP contribution in [0.2, 0.25) is 5.02 Å².